The van der Waals surface area contributed by atoms with Crippen LogP contribution in [0.5, 0.6) is 0 Å². The Morgan fingerprint density at radius 3 is 2.71 bits per heavy atom. The molecule has 0 aliphatic heterocycles. The molecule has 0 fully saturated rings. The number of nitrogen functional groups attached to an aromatic ring is 1. The van der Waals surface area contributed by atoms with Crippen molar-refractivity contribution >= 4 is 34.4 Å². The molecule has 4 N–H and O–H groups in total. The second kappa shape index (κ2) is 4.91. The molecule has 1 heterocycles. The van der Waals surface area contributed by atoms with Crippen molar-refractivity contribution in [3.8, 4) is 0 Å². The van der Waals surface area contributed by atoms with Gasteiger partial charge in [-0.25, -0.2) is 4.98 Å². The van der Waals surface area contributed by atoms with Crippen molar-refractivity contribution in [2.24, 2.45) is 10.9 Å². The quantitative estimate of drug-likeness (QED) is 0.558. The van der Waals surface area contributed by atoms with E-state index in [4.69, 9.17) is 16.3 Å². The predicted molar refractivity (Wildman–Crippen MR) is 63.1 cm³/mol. The Morgan fingerprint density at radius 2 is 2.29 bits per heavy atom. The van der Waals surface area contributed by atoms with E-state index in [-0.39, 0.29) is 16.5 Å². The monoisotopic (exact) mass is 255 g/mol. The van der Waals surface area contributed by atoms with Crippen LogP contribution in [0, 0.1) is 0 Å². The first-order valence-corrected chi connectivity index (χ1v) is 5.40. The zero-order chi connectivity index (χ0) is 13.1. The molecule has 0 atom stereocenters. The molecule has 91 valence electrons. The summed E-state index contributed by atoms with van der Waals surface area (Å²) in [6.45, 7) is 2.85. The van der Waals surface area contributed by atoms with E-state index in [1.54, 1.807) is 6.29 Å². The summed E-state index contributed by atoms with van der Waals surface area (Å²) in [5, 5.41) is 5.32. The molecule has 7 nitrogen and oxygen atoms in total. The summed E-state index contributed by atoms with van der Waals surface area (Å²) in [5.74, 6) is -0.704. The van der Waals surface area contributed by atoms with E-state index in [1.807, 2.05) is 0 Å². The van der Waals surface area contributed by atoms with E-state index in [0.717, 1.165) is 11.3 Å². The zero-order valence-corrected chi connectivity index (χ0v) is 10.1. The van der Waals surface area contributed by atoms with Crippen molar-refractivity contribution in [3.05, 3.63) is 11.1 Å². The average molecular weight is 255 g/mol. The number of primary amides is 1. The molecular weight excluding hydrogens is 244 g/mol. The number of carbonyl (C=O) groups is 1. The van der Waals surface area contributed by atoms with Gasteiger partial charge in [-0.1, -0.05) is 5.16 Å². The van der Waals surface area contributed by atoms with Gasteiger partial charge in [-0.05, 0) is 13.8 Å². The van der Waals surface area contributed by atoms with Crippen LogP contribution in [0.15, 0.2) is 10.5 Å². The van der Waals surface area contributed by atoms with Crippen molar-refractivity contribution in [3.63, 3.8) is 0 Å². The van der Waals surface area contributed by atoms with Crippen molar-refractivity contribution in [2.75, 3.05) is 5.73 Å². The molecule has 0 aliphatic rings. The summed E-state index contributed by atoms with van der Waals surface area (Å²) >= 11 is 1.15. The number of hydrogen-bond donors (Lipinski definition) is 2. The van der Waals surface area contributed by atoms with E-state index < -0.39 is 11.5 Å². The second-order valence-corrected chi connectivity index (χ2v) is 4.47. The maximum absolute atomic E-state index is 11.0. The first-order valence-electron chi connectivity index (χ1n) is 4.52. The standard InChI is InChI=1S/C9H11N4O3S/c1-9(2,7(10)15)16-13-5(3-14)6-4-17-8(11)12-6/h4H,1-2H3,(H2,10,15)(H2,11,12)/b13-5-. The average Bonchev–Trinajstić information content (AvgIpc) is 2.65. The van der Waals surface area contributed by atoms with Crippen LogP contribution < -0.4 is 11.5 Å². The number of nitrogens with zero attached hydrogens (tertiary/aromatic N) is 2. The van der Waals surface area contributed by atoms with Crippen LogP contribution >= 0.6 is 11.3 Å². The molecule has 17 heavy (non-hydrogen) atoms. The molecule has 1 rings (SSSR count). The van der Waals surface area contributed by atoms with Gasteiger partial charge in [-0.2, -0.15) is 0 Å². The van der Waals surface area contributed by atoms with Gasteiger partial charge in [0.2, 0.25) is 5.60 Å². The Balaban J connectivity index is 2.89. The van der Waals surface area contributed by atoms with Crippen molar-refractivity contribution in [1.82, 2.24) is 4.98 Å². The molecular formula is C9H11N4O3S. The van der Waals surface area contributed by atoms with Crippen LogP contribution in [0.1, 0.15) is 19.5 Å². The lowest BCUT2D eigenvalue weighted by Crippen LogP contribution is -2.39. The second-order valence-electron chi connectivity index (χ2n) is 3.58. The van der Waals surface area contributed by atoms with Gasteiger partial charge >= 0.3 is 0 Å². The molecule has 1 amide bonds. The van der Waals surface area contributed by atoms with E-state index in [0.29, 0.717) is 0 Å². The topological polar surface area (TPSA) is 121 Å². The van der Waals surface area contributed by atoms with E-state index in [9.17, 15) is 9.59 Å². The summed E-state index contributed by atoms with van der Waals surface area (Å²) in [7, 11) is 0. The fraction of sp³-hybridized carbons (Fsp3) is 0.333. The number of rotatable bonds is 5. The summed E-state index contributed by atoms with van der Waals surface area (Å²) in [4.78, 5) is 30.3. The molecule has 1 aromatic rings. The lowest BCUT2D eigenvalue weighted by molar-refractivity contribution is -0.139. The van der Waals surface area contributed by atoms with Crippen LogP contribution in [0.25, 0.3) is 0 Å². The van der Waals surface area contributed by atoms with Crippen LogP contribution in [-0.4, -0.2) is 28.5 Å². The molecule has 0 spiro atoms. The van der Waals surface area contributed by atoms with Gasteiger partial charge in [0.1, 0.15) is 5.69 Å². The minimum absolute atomic E-state index is 0.174. The summed E-state index contributed by atoms with van der Waals surface area (Å²) in [6, 6.07) is 0. The van der Waals surface area contributed by atoms with Crippen molar-refractivity contribution < 1.29 is 14.4 Å². The lowest BCUT2D eigenvalue weighted by atomic mass is 10.1. The number of nitrogens with two attached hydrogens (primary N) is 2. The van der Waals surface area contributed by atoms with Gasteiger partial charge in [0.05, 0.1) is 0 Å². The molecule has 1 aromatic heterocycles. The molecule has 0 aromatic carbocycles. The minimum atomic E-state index is -1.32. The summed E-state index contributed by atoms with van der Waals surface area (Å²) < 4.78 is 0. The Bertz CT molecular complexity index is 467. The van der Waals surface area contributed by atoms with E-state index in [1.165, 1.54) is 19.2 Å². The SMILES string of the molecule is CC(C)(O/N=C(/[C]=O)c1csc(N)n1)C(N)=O. The highest BCUT2D eigenvalue weighted by molar-refractivity contribution is 7.13. The molecule has 1 radical (unpaired) electrons. The number of thiazole rings is 1. The van der Waals surface area contributed by atoms with Crippen molar-refractivity contribution in [2.45, 2.75) is 19.4 Å². The number of anilines is 1. The van der Waals surface area contributed by atoms with Gasteiger partial charge in [0.15, 0.2) is 10.8 Å². The highest BCUT2D eigenvalue weighted by atomic mass is 32.1. The van der Waals surface area contributed by atoms with Gasteiger partial charge in [0, 0.05) is 5.38 Å². The largest absolute Gasteiger partial charge is 0.379 e. The van der Waals surface area contributed by atoms with Crippen LogP contribution in [-0.2, 0) is 14.4 Å². The Morgan fingerprint density at radius 1 is 1.65 bits per heavy atom. The highest BCUT2D eigenvalue weighted by Gasteiger charge is 2.27. The fourth-order valence-corrected chi connectivity index (χ4v) is 1.27. The Hall–Kier alpha value is -1.96. The first-order chi connectivity index (χ1) is 7.86. The van der Waals surface area contributed by atoms with Crippen LogP contribution in [0.2, 0.25) is 0 Å². The Labute approximate surface area is 101 Å². The van der Waals surface area contributed by atoms with E-state index >= 15 is 0 Å². The molecule has 0 saturated heterocycles. The molecule has 0 saturated carbocycles. The molecule has 0 bridgehead atoms. The molecule has 0 unspecified atom stereocenters. The van der Waals surface area contributed by atoms with Gasteiger partial charge in [-0.3, -0.25) is 9.59 Å². The lowest BCUT2D eigenvalue weighted by Gasteiger charge is -2.17. The Kier molecular flexibility index (Phi) is 3.79. The fourth-order valence-electron chi connectivity index (χ4n) is 0.719. The van der Waals surface area contributed by atoms with E-state index in [2.05, 4.69) is 10.1 Å². The first kappa shape index (κ1) is 13.1. The number of carbonyl (C=O) groups excluding carboxylic acids is 2. The number of oxime groups is 1. The molecule has 8 heteroatoms. The van der Waals surface area contributed by atoms with Crippen LogP contribution in [0.3, 0.4) is 0 Å². The van der Waals surface area contributed by atoms with Gasteiger partial charge in [-0.15, -0.1) is 11.3 Å². The summed E-state index contributed by atoms with van der Waals surface area (Å²) in [6.07, 6.45) is 1.55. The summed E-state index contributed by atoms with van der Waals surface area (Å²) in [5.41, 5.74) is 9.23. The normalized spacial score (nSPS) is 12.2. The maximum atomic E-state index is 11.0. The third-order valence-electron chi connectivity index (χ3n) is 1.82. The highest BCUT2D eigenvalue weighted by Crippen LogP contribution is 2.13. The number of aromatic nitrogens is 1. The third kappa shape index (κ3) is 3.25. The third-order valence-corrected chi connectivity index (χ3v) is 2.49. The zero-order valence-electron chi connectivity index (χ0n) is 9.26. The smallest absolute Gasteiger partial charge is 0.263 e. The number of amides is 1. The van der Waals surface area contributed by atoms with Crippen LogP contribution in [0.4, 0.5) is 5.13 Å². The predicted octanol–water partition coefficient (Wildman–Crippen LogP) is -0.180. The number of hydrogen-bond acceptors (Lipinski definition) is 7. The maximum Gasteiger partial charge on any atom is 0.263 e. The van der Waals surface area contributed by atoms with Gasteiger partial charge in [0.25, 0.3) is 12.2 Å². The van der Waals surface area contributed by atoms with Crippen molar-refractivity contribution in [1.29, 1.82) is 0 Å². The van der Waals surface area contributed by atoms with Gasteiger partial charge < -0.3 is 16.3 Å². The minimum Gasteiger partial charge on any atom is -0.379 e. The molecule has 0 aliphatic carbocycles.